The second kappa shape index (κ2) is 9.46. The van der Waals surface area contributed by atoms with Crippen LogP contribution in [0, 0.1) is 0 Å². The fourth-order valence-electron chi connectivity index (χ4n) is 4.05. The van der Waals surface area contributed by atoms with Crippen LogP contribution in [0.1, 0.15) is 37.7 Å². The average Bonchev–Trinajstić information content (AvgIpc) is 3.58. The fourth-order valence-corrected chi connectivity index (χ4v) is 4.05. The number of ether oxygens (including phenoxy) is 1. The number of anilines is 1. The van der Waals surface area contributed by atoms with Gasteiger partial charge in [0, 0.05) is 37.0 Å². The van der Waals surface area contributed by atoms with Gasteiger partial charge < -0.3 is 19.4 Å². The first-order chi connectivity index (χ1) is 17.5. The molecule has 3 heterocycles. The smallest absolute Gasteiger partial charge is 0.293 e. The van der Waals surface area contributed by atoms with Crippen molar-refractivity contribution in [3.63, 3.8) is 0 Å². The number of oxazole rings is 1. The summed E-state index contributed by atoms with van der Waals surface area (Å²) in [6.45, 7) is 0.486. The molecule has 9 heteroatoms. The third-order valence-electron chi connectivity index (χ3n) is 5.87. The van der Waals surface area contributed by atoms with Gasteiger partial charge in [0.05, 0.1) is 42.5 Å². The van der Waals surface area contributed by atoms with Gasteiger partial charge in [-0.05, 0) is 35.9 Å². The topological polar surface area (TPSA) is 110 Å². The van der Waals surface area contributed by atoms with Gasteiger partial charge in [-0.1, -0.05) is 18.2 Å². The van der Waals surface area contributed by atoms with Crippen molar-refractivity contribution in [3.05, 3.63) is 95.5 Å². The summed E-state index contributed by atoms with van der Waals surface area (Å²) < 4.78 is 10.6. The first-order valence-corrected chi connectivity index (χ1v) is 11.2. The molecule has 0 bridgehead atoms. The number of pyridine rings is 1. The van der Waals surface area contributed by atoms with Gasteiger partial charge in [0.2, 0.25) is 5.76 Å². The normalized spacial score (nSPS) is 12.0. The highest BCUT2D eigenvalue weighted by atomic mass is 16.5. The van der Waals surface area contributed by atoms with Crippen molar-refractivity contribution in [1.82, 2.24) is 14.9 Å². The molecule has 0 saturated carbocycles. The van der Waals surface area contributed by atoms with Crippen LogP contribution in [0.5, 0.6) is 5.75 Å². The minimum atomic E-state index is -0.495. The summed E-state index contributed by atoms with van der Waals surface area (Å²) in [4.78, 5) is 40.1. The van der Waals surface area contributed by atoms with Gasteiger partial charge in [0.1, 0.15) is 5.75 Å². The molecular formula is C27H23N5O4. The van der Waals surface area contributed by atoms with Gasteiger partial charge in [-0.15, -0.1) is 0 Å². The van der Waals surface area contributed by atoms with Gasteiger partial charge >= 0.3 is 0 Å². The standard InChI is InChI=1S/C27H23N5O4/c1-32(2)27(34)20-10-16(8-9-21(20)31-26(33)24-14-28-15-36-24)17-11-19-22(29-12-17)13-30-25(19)18-6-4-5-7-23(18)35-3/h4-12,14-15H,13H2,1-3H3,(H,31,33). The number of carbonyl (C=O) groups excluding carboxylic acids is 2. The number of rotatable bonds is 6. The number of methoxy groups -OCH3 is 1. The van der Waals surface area contributed by atoms with Gasteiger partial charge in [0.25, 0.3) is 11.8 Å². The second-order valence-corrected chi connectivity index (χ2v) is 8.36. The molecule has 1 N–H and O–H groups in total. The third kappa shape index (κ3) is 4.22. The molecule has 2 aromatic heterocycles. The molecule has 2 amide bonds. The first kappa shape index (κ1) is 23.0. The summed E-state index contributed by atoms with van der Waals surface area (Å²) in [5, 5.41) is 2.74. The molecule has 0 radical (unpaired) electrons. The SMILES string of the molecule is COc1ccccc1C1=NCc2ncc(-c3ccc(NC(=O)c4cnco4)c(C(=O)N(C)C)c3)cc21. The minimum Gasteiger partial charge on any atom is -0.496 e. The molecule has 0 saturated heterocycles. The Morgan fingerprint density at radius 1 is 1.03 bits per heavy atom. The molecule has 9 nitrogen and oxygen atoms in total. The molecular weight excluding hydrogens is 458 g/mol. The lowest BCUT2D eigenvalue weighted by Crippen LogP contribution is -2.24. The van der Waals surface area contributed by atoms with Crippen LogP contribution in [0.25, 0.3) is 11.1 Å². The molecule has 36 heavy (non-hydrogen) atoms. The molecule has 4 aromatic rings. The predicted octanol–water partition coefficient (Wildman–Crippen LogP) is 4.05. The zero-order valence-electron chi connectivity index (χ0n) is 20.0. The van der Waals surface area contributed by atoms with E-state index in [9.17, 15) is 9.59 Å². The maximum absolute atomic E-state index is 13.0. The van der Waals surface area contributed by atoms with Crippen LogP contribution in [0.2, 0.25) is 0 Å². The molecule has 0 spiro atoms. The number of nitrogens with zero attached hydrogens (tertiary/aromatic N) is 4. The fraction of sp³-hybridized carbons (Fsp3) is 0.148. The second-order valence-electron chi connectivity index (χ2n) is 8.36. The Balaban J connectivity index is 1.53. The highest BCUT2D eigenvalue weighted by Gasteiger charge is 2.23. The van der Waals surface area contributed by atoms with Crippen molar-refractivity contribution < 1.29 is 18.7 Å². The van der Waals surface area contributed by atoms with E-state index in [-0.39, 0.29) is 11.7 Å². The first-order valence-electron chi connectivity index (χ1n) is 11.2. The van der Waals surface area contributed by atoms with E-state index in [1.54, 1.807) is 39.5 Å². The zero-order valence-corrected chi connectivity index (χ0v) is 20.0. The summed E-state index contributed by atoms with van der Waals surface area (Å²) in [6, 6.07) is 15.0. The van der Waals surface area contributed by atoms with Crippen molar-refractivity contribution in [2.45, 2.75) is 6.54 Å². The Morgan fingerprint density at radius 3 is 2.61 bits per heavy atom. The minimum absolute atomic E-state index is 0.0494. The molecule has 1 aliphatic rings. The van der Waals surface area contributed by atoms with Crippen LogP contribution >= 0.6 is 0 Å². The van der Waals surface area contributed by atoms with Crippen LogP contribution < -0.4 is 10.1 Å². The molecule has 180 valence electrons. The number of hydrogen-bond donors (Lipinski definition) is 1. The van der Waals surface area contributed by atoms with Crippen LogP contribution in [0.15, 0.2) is 76.7 Å². The van der Waals surface area contributed by atoms with E-state index in [1.807, 2.05) is 36.4 Å². The van der Waals surface area contributed by atoms with E-state index in [2.05, 4.69) is 15.3 Å². The molecule has 0 atom stereocenters. The molecule has 0 fully saturated rings. The Kier molecular flexibility index (Phi) is 6.03. The molecule has 5 rings (SSSR count). The number of benzene rings is 2. The average molecular weight is 482 g/mol. The number of hydrogen-bond acceptors (Lipinski definition) is 7. The summed E-state index contributed by atoms with van der Waals surface area (Å²) in [7, 11) is 4.95. The summed E-state index contributed by atoms with van der Waals surface area (Å²) in [5.74, 6) is 0.0357. The number of aliphatic imine (C=N–C) groups is 1. The van der Waals surface area contributed by atoms with Crippen molar-refractivity contribution in [2.24, 2.45) is 4.99 Å². The third-order valence-corrected chi connectivity index (χ3v) is 5.87. The van der Waals surface area contributed by atoms with Crippen LogP contribution in [-0.4, -0.2) is 53.6 Å². The predicted molar refractivity (Wildman–Crippen MR) is 134 cm³/mol. The lowest BCUT2D eigenvalue weighted by atomic mass is 9.97. The Morgan fingerprint density at radius 2 is 1.86 bits per heavy atom. The molecule has 0 unspecified atom stereocenters. The van der Waals surface area contributed by atoms with Crippen molar-refractivity contribution >= 4 is 23.2 Å². The van der Waals surface area contributed by atoms with Gasteiger partial charge in [-0.25, -0.2) is 4.98 Å². The number of para-hydroxylation sites is 1. The van der Waals surface area contributed by atoms with E-state index in [0.29, 0.717) is 17.8 Å². The Labute approximate surface area is 207 Å². The maximum atomic E-state index is 13.0. The van der Waals surface area contributed by atoms with Crippen LogP contribution in [0.3, 0.4) is 0 Å². The Bertz CT molecular complexity index is 1490. The van der Waals surface area contributed by atoms with Gasteiger partial charge in [0.15, 0.2) is 6.39 Å². The lowest BCUT2D eigenvalue weighted by molar-refractivity contribution is 0.0828. The lowest BCUT2D eigenvalue weighted by Gasteiger charge is -2.16. The monoisotopic (exact) mass is 481 g/mol. The van der Waals surface area contributed by atoms with E-state index in [0.717, 1.165) is 39.4 Å². The van der Waals surface area contributed by atoms with E-state index in [1.165, 1.54) is 17.5 Å². The van der Waals surface area contributed by atoms with Gasteiger partial charge in [-0.3, -0.25) is 19.6 Å². The number of fused-ring (bicyclic) bond motifs is 1. The van der Waals surface area contributed by atoms with E-state index < -0.39 is 5.91 Å². The van der Waals surface area contributed by atoms with Gasteiger partial charge in [-0.2, -0.15) is 0 Å². The summed E-state index contributed by atoms with van der Waals surface area (Å²) in [6.07, 6.45) is 4.26. The van der Waals surface area contributed by atoms with Crippen molar-refractivity contribution in [3.8, 4) is 16.9 Å². The Hall–Kier alpha value is -4.79. The van der Waals surface area contributed by atoms with Crippen LogP contribution in [0.4, 0.5) is 5.69 Å². The quantitative estimate of drug-likeness (QED) is 0.445. The maximum Gasteiger partial charge on any atom is 0.293 e. The number of carbonyl (C=O) groups is 2. The number of aromatic nitrogens is 2. The largest absolute Gasteiger partial charge is 0.496 e. The number of nitrogens with one attached hydrogen (secondary N) is 1. The molecule has 0 aliphatic carbocycles. The highest BCUT2D eigenvalue weighted by Crippen LogP contribution is 2.32. The summed E-state index contributed by atoms with van der Waals surface area (Å²) in [5.41, 5.74) is 5.80. The molecule has 1 aliphatic heterocycles. The zero-order chi connectivity index (χ0) is 25.2. The summed E-state index contributed by atoms with van der Waals surface area (Å²) >= 11 is 0. The van der Waals surface area contributed by atoms with E-state index >= 15 is 0 Å². The molecule has 2 aromatic carbocycles. The van der Waals surface area contributed by atoms with Crippen LogP contribution in [-0.2, 0) is 6.54 Å². The van der Waals surface area contributed by atoms with E-state index in [4.69, 9.17) is 14.1 Å². The number of amides is 2. The van der Waals surface area contributed by atoms with Crippen molar-refractivity contribution in [2.75, 3.05) is 26.5 Å². The highest BCUT2D eigenvalue weighted by molar-refractivity contribution is 6.16. The van der Waals surface area contributed by atoms with Crippen molar-refractivity contribution in [1.29, 1.82) is 0 Å².